The molecule has 1 N–H and O–H groups in total. The van der Waals surface area contributed by atoms with E-state index in [-0.39, 0.29) is 5.91 Å². The van der Waals surface area contributed by atoms with Crippen molar-refractivity contribution in [3.63, 3.8) is 0 Å². The zero-order chi connectivity index (χ0) is 16.9. The van der Waals surface area contributed by atoms with E-state index in [1.165, 1.54) is 4.90 Å². The average molecular weight is 340 g/mol. The molecular weight excluding hydrogens is 324 g/mol. The van der Waals surface area contributed by atoms with Crippen molar-refractivity contribution in [1.82, 2.24) is 10.2 Å². The lowest BCUT2D eigenvalue weighted by atomic mass is 10.2. The number of thiocarbonyl (C=S) groups is 1. The molecule has 0 saturated carbocycles. The Morgan fingerprint density at radius 2 is 2.12 bits per heavy atom. The number of rotatable bonds is 5. The van der Waals surface area contributed by atoms with E-state index in [1.54, 1.807) is 37.7 Å². The second kappa shape index (κ2) is 7.14. The number of nitrogens with zero attached hydrogens (tertiary/aromatic N) is 1. The highest BCUT2D eigenvalue weighted by molar-refractivity contribution is 7.80. The minimum Gasteiger partial charge on any atom is -0.496 e. The number of amides is 1. The maximum absolute atomic E-state index is 12.4. The summed E-state index contributed by atoms with van der Waals surface area (Å²) in [5.74, 6) is 1.27. The van der Waals surface area contributed by atoms with E-state index in [9.17, 15) is 4.79 Å². The number of carbonyl (C=O) groups excluding carboxylic acids is 1. The zero-order valence-electron chi connectivity index (χ0n) is 13.1. The van der Waals surface area contributed by atoms with Gasteiger partial charge in [-0.25, -0.2) is 0 Å². The first kappa shape index (κ1) is 16.0. The molecule has 5 nitrogen and oxygen atoms in total. The van der Waals surface area contributed by atoms with Crippen molar-refractivity contribution < 1.29 is 13.9 Å². The summed E-state index contributed by atoms with van der Waals surface area (Å²) in [4.78, 5) is 13.9. The fraction of sp³-hybridized carbons (Fsp3) is 0.111. The number of ether oxygens (including phenoxy) is 1. The molecule has 0 spiro atoms. The normalized spacial score (nSPS) is 16.2. The molecule has 0 bridgehead atoms. The van der Waals surface area contributed by atoms with E-state index in [0.29, 0.717) is 23.1 Å². The van der Waals surface area contributed by atoms with Crippen LogP contribution in [0.3, 0.4) is 0 Å². The number of allylic oxidation sites excluding steroid dienone is 2. The van der Waals surface area contributed by atoms with Gasteiger partial charge in [-0.2, -0.15) is 0 Å². The summed E-state index contributed by atoms with van der Waals surface area (Å²) < 4.78 is 10.6. The predicted octanol–water partition coefficient (Wildman–Crippen LogP) is 3.10. The summed E-state index contributed by atoms with van der Waals surface area (Å²) in [7, 11) is 1.62. The van der Waals surface area contributed by atoms with Crippen LogP contribution >= 0.6 is 12.2 Å². The summed E-state index contributed by atoms with van der Waals surface area (Å²) in [5, 5.41) is 3.29. The van der Waals surface area contributed by atoms with Gasteiger partial charge in [-0.15, -0.1) is 0 Å². The van der Waals surface area contributed by atoms with Crippen molar-refractivity contribution in [2.45, 2.75) is 6.54 Å². The van der Waals surface area contributed by atoms with Gasteiger partial charge >= 0.3 is 0 Å². The lowest BCUT2D eigenvalue weighted by Crippen LogP contribution is -2.29. The van der Waals surface area contributed by atoms with Crippen molar-refractivity contribution in [1.29, 1.82) is 0 Å². The van der Waals surface area contributed by atoms with E-state index < -0.39 is 0 Å². The van der Waals surface area contributed by atoms with Gasteiger partial charge in [0.2, 0.25) is 0 Å². The standard InChI is InChI=1S/C18H16N2O3S/c1-22-16-10-3-2-6-13(16)7-4-9-15-17(21)20(18(24)19-15)12-14-8-5-11-23-14/h2-11H,12H2,1H3,(H,19,24)/b7-4+,15-9-. The van der Waals surface area contributed by atoms with Crippen LogP contribution in [0.4, 0.5) is 0 Å². The number of carbonyl (C=O) groups is 1. The topological polar surface area (TPSA) is 54.7 Å². The SMILES string of the molecule is COc1ccccc1/C=C/C=C1\NC(=S)N(Cc2ccco2)C1=O. The molecule has 1 aromatic carbocycles. The van der Waals surface area contributed by atoms with Gasteiger partial charge in [0.1, 0.15) is 17.2 Å². The van der Waals surface area contributed by atoms with Crippen molar-refractivity contribution in [2.24, 2.45) is 0 Å². The minimum atomic E-state index is -0.180. The first-order valence-corrected chi connectivity index (χ1v) is 7.76. The molecule has 1 aromatic heterocycles. The third-order valence-electron chi connectivity index (χ3n) is 3.53. The van der Waals surface area contributed by atoms with Crippen LogP contribution in [-0.2, 0) is 11.3 Å². The molecule has 0 radical (unpaired) electrons. The molecule has 1 fully saturated rings. The van der Waals surface area contributed by atoms with Gasteiger partial charge in [-0.3, -0.25) is 9.69 Å². The number of hydrogen-bond donors (Lipinski definition) is 1. The summed E-state index contributed by atoms with van der Waals surface area (Å²) in [6.07, 6.45) is 6.93. The van der Waals surface area contributed by atoms with Crippen molar-refractivity contribution in [3.05, 3.63) is 71.8 Å². The van der Waals surface area contributed by atoms with Gasteiger partial charge in [0.05, 0.1) is 19.9 Å². The monoisotopic (exact) mass is 340 g/mol. The fourth-order valence-electron chi connectivity index (χ4n) is 2.34. The molecule has 2 aromatic rings. The Balaban J connectivity index is 1.73. The molecular formula is C18H16N2O3S. The number of furan rings is 1. The Hall–Kier alpha value is -2.86. The molecule has 24 heavy (non-hydrogen) atoms. The highest BCUT2D eigenvalue weighted by Gasteiger charge is 2.30. The molecule has 122 valence electrons. The van der Waals surface area contributed by atoms with Crippen LogP contribution in [0, 0.1) is 0 Å². The molecule has 0 atom stereocenters. The minimum absolute atomic E-state index is 0.180. The molecule has 1 aliphatic rings. The Morgan fingerprint density at radius 1 is 1.29 bits per heavy atom. The number of benzene rings is 1. The predicted molar refractivity (Wildman–Crippen MR) is 95.1 cm³/mol. The van der Waals surface area contributed by atoms with Crippen LogP contribution in [0.25, 0.3) is 6.08 Å². The lowest BCUT2D eigenvalue weighted by molar-refractivity contribution is -0.123. The first-order chi connectivity index (χ1) is 11.7. The number of hydrogen-bond acceptors (Lipinski definition) is 4. The van der Waals surface area contributed by atoms with E-state index in [1.807, 2.05) is 30.3 Å². The Bertz CT molecular complexity index is 809. The first-order valence-electron chi connectivity index (χ1n) is 7.35. The van der Waals surface area contributed by atoms with E-state index >= 15 is 0 Å². The van der Waals surface area contributed by atoms with Crippen LogP contribution < -0.4 is 10.1 Å². The summed E-state index contributed by atoms with van der Waals surface area (Å²) >= 11 is 5.22. The Morgan fingerprint density at radius 3 is 2.88 bits per heavy atom. The summed E-state index contributed by atoms with van der Waals surface area (Å²) in [6, 6.07) is 11.2. The number of methoxy groups -OCH3 is 1. The third-order valence-corrected chi connectivity index (χ3v) is 3.86. The van der Waals surface area contributed by atoms with Gasteiger partial charge < -0.3 is 14.5 Å². The van der Waals surface area contributed by atoms with E-state index in [2.05, 4.69) is 5.32 Å². The molecule has 2 heterocycles. The van der Waals surface area contributed by atoms with Crippen LogP contribution in [0.5, 0.6) is 5.75 Å². The van der Waals surface area contributed by atoms with Crippen LogP contribution in [-0.4, -0.2) is 23.0 Å². The summed E-state index contributed by atoms with van der Waals surface area (Å²) in [6.45, 7) is 0.311. The lowest BCUT2D eigenvalue weighted by Gasteiger charge is -2.11. The fourth-order valence-corrected chi connectivity index (χ4v) is 2.60. The van der Waals surface area contributed by atoms with E-state index in [0.717, 1.165) is 11.3 Å². The van der Waals surface area contributed by atoms with Crippen molar-refractivity contribution in [3.8, 4) is 5.75 Å². The Labute approximate surface area is 145 Å². The van der Waals surface area contributed by atoms with Crippen LogP contribution in [0.15, 0.2) is 64.9 Å². The highest BCUT2D eigenvalue weighted by atomic mass is 32.1. The summed E-state index contributed by atoms with van der Waals surface area (Å²) in [5.41, 5.74) is 1.36. The zero-order valence-corrected chi connectivity index (χ0v) is 13.9. The molecule has 1 saturated heterocycles. The quantitative estimate of drug-likeness (QED) is 0.669. The average Bonchev–Trinajstić information content (AvgIpc) is 3.19. The second-order valence-electron chi connectivity index (χ2n) is 5.08. The van der Waals surface area contributed by atoms with Gasteiger partial charge in [-0.1, -0.05) is 30.4 Å². The number of nitrogens with one attached hydrogen (secondary N) is 1. The van der Waals surface area contributed by atoms with Crippen molar-refractivity contribution >= 4 is 29.3 Å². The molecule has 0 unspecified atom stereocenters. The largest absolute Gasteiger partial charge is 0.496 e. The number of para-hydroxylation sites is 1. The van der Waals surface area contributed by atoms with Gasteiger partial charge in [0.25, 0.3) is 5.91 Å². The van der Waals surface area contributed by atoms with E-state index in [4.69, 9.17) is 21.4 Å². The smallest absolute Gasteiger partial charge is 0.276 e. The second-order valence-corrected chi connectivity index (χ2v) is 5.47. The Kier molecular flexibility index (Phi) is 4.77. The molecule has 0 aliphatic carbocycles. The highest BCUT2D eigenvalue weighted by Crippen LogP contribution is 2.19. The molecule has 6 heteroatoms. The van der Waals surface area contributed by atoms with Crippen LogP contribution in [0.2, 0.25) is 0 Å². The maximum Gasteiger partial charge on any atom is 0.276 e. The maximum atomic E-state index is 12.4. The van der Waals surface area contributed by atoms with Crippen LogP contribution in [0.1, 0.15) is 11.3 Å². The molecule has 1 amide bonds. The molecule has 3 rings (SSSR count). The van der Waals surface area contributed by atoms with Gasteiger partial charge in [0.15, 0.2) is 5.11 Å². The van der Waals surface area contributed by atoms with Gasteiger partial charge in [0, 0.05) is 5.56 Å². The van der Waals surface area contributed by atoms with Crippen molar-refractivity contribution in [2.75, 3.05) is 7.11 Å². The third kappa shape index (κ3) is 3.38. The van der Waals surface area contributed by atoms with Gasteiger partial charge in [-0.05, 0) is 36.5 Å². The molecule has 1 aliphatic heterocycles.